The van der Waals surface area contributed by atoms with E-state index in [2.05, 4.69) is 22.1 Å². The first-order chi connectivity index (χ1) is 17.1. The molecule has 0 saturated heterocycles. The van der Waals surface area contributed by atoms with Crippen LogP contribution in [0.25, 0.3) is 0 Å². The molecule has 0 aliphatic carbocycles. The second kappa shape index (κ2) is 11.8. The number of azo groups is 1. The van der Waals surface area contributed by atoms with Crippen LogP contribution in [0.5, 0.6) is 5.75 Å². The van der Waals surface area contributed by atoms with E-state index in [9.17, 15) is 22.8 Å². The summed E-state index contributed by atoms with van der Waals surface area (Å²) in [6.45, 7) is 5.28. The first kappa shape index (κ1) is 26.1. The molecule has 0 radical (unpaired) electrons. The Balaban J connectivity index is 1.49. The molecular formula is C26H22F3N3O4. The molecule has 36 heavy (non-hydrogen) atoms. The number of nitrogens with one attached hydrogen (secondary N) is 1. The number of rotatable bonds is 9. The van der Waals surface area contributed by atoms with Crippen LogP contribution in [0.1, 0.15) is 22.8 Å². The first-order valence-electron chi connectivity index (χ1n) is 10.7. The second-order valence-electron chi connectivity index (χ2n) is 7.53. The molecule has 0 saturated carbocycles. The van der Waals surface area contributed by atoms with Crippen molar-refractivity contribution in [1.82, 2.24) is 0 Å². The van der Waals surface area contributed by atoms with Gasteiger partial charge in [0.2, 0.25) is 0 Å². The van der Waals surface area contributed by atoms with Gasteiger partial charge in [-0.15, -0.1) is 0 Å². The molecule has 0 aromatic heterocycles. The van der Waals surface area contributed by atoms with E-state index in [0.29, 0.717) is 28.3 Å². The number of amides is 1. The summed E-state index contributed by atoms with van der Waals surface area (Å²) in [6, 6.07) is 17.3. The molecule has 1 amide bonds. The molecule has 0 bridgehead atoms. The summed E-state index contributed by atoms with van der Waals surface area (Å²) >= 11 is 0. The molecule has 0 unspecified atom stereocenters. The predicted molar refractivity (Wildman–Crippen MR) is 128 cm³/mol. The smallest absolute Gasteiger partial charge is 0.416 e. The van der Waals surface area contributed by atoms with Gasteiger partial charge in [0, 0.05) is 16.8 Å². The molecule has 0 aliphatic rings. The number of halogens is 3. The average Bonchev–Trinajstić information content (AvgIpc) is 2.86. The van der Waals surface area contributed by atoms with Gasteiger partial charge < -0.3 is 14.8 Å². The third-order valence-corrected chi connectivity index (χ3v) is 4.65. The van der Waals surface area contributed by atoms with Gasteiger partial charge in [-0.05, 0) is 79.7 Å². The summed E-state index contributed by atoms with van der Waals surface area (Å²) in [6.07, 6.45) is -4.41. The van der Waals surface area contributed by atoms with E-state index in [1.807, 2.05) is 0 Å². The molecule has 10 heteroatoms. The van der Waals surface area contributed by atoms with E-state index in [1.165, 1.54) is 12.1 Å². The zero-order valence-electron chi connectivity index (χ0n) is 19.2. The van der Waals surface area contributed by atoms with E-state index in [0.717, 1.165) is 12.1 Å². The van der Waals surface area contributed by atoms with Gasteiger partial charge in [0.1, 0.15) is 19.0 Å². The van der Waals surface area contributed by atoms with Gasteiger partial charge in [-0.25, -0.2) is 4.79 Å². The van der Waals surface area contributed by atoms with Crippen molar-refractivity contribution in [2.24, 2.45) is 10.2 Å². The van der Waals surface area contributed by atoms with Crippen molar-refractivity contribution in [3.05, 3.63) is 96.1 Å². The fourth-order valence-corrected chi connectivity index (χ4v) is 2.77. The lowest BCUT2D eigenvalue weighted by Gasteiger charge is -2.09. The Kier molecular flexibility index (Phi) is 8.56. The maximum absolute atomic E-state index is 12.6. The van der Waals surface area contributed by atoms with Crippen LogP contribution < -0.4 is 10.1 Å². The van der Waals surface area contributed by atoms with Gasteiger partial charge in [0.15, 0.2) is 0 Å². The molecule has 7 nitrogen and oxygen atoms in total. The SMILES string of the molecule is C=C(C)C(=O)OCCOc1ccc(C(=O)Nc2ccc(N=Nc3ccc(C(F)(F)F)cc3)cc2)cc1. The fraction of sp³-hybridized carbons (Fsp3) is 0.154. The van der Waals surface area contributed by atoms with Crippen molar-refractivity contribution in [3.63, 3.8) is 0 Å². The van der Waals surface area contributed by atoms with Gasteiger partial charge in [-0.1, -0.05) is 6.58 Å². The standard InChI is InChI=1S/C26H22F3N3O4/c1-17(2)25(34)36-16-15-35-23-13-3-18(4-14-23)24(33)30-20-9-11-22(12-10-20)32-31-21-7-5-19(6-8-21)26(27,28)29/h3-14H,1,15-16H2,2H3,(H,30,33). The Morgan fingerprint density at radius 3 is 1.94 bits per heavy atom. The first-order valence-corrected chi connectivity index (χ1v) is 10.7. The van der Waals surface area contributed by atoms with Crippen molar-refractivity contribution in [3.8, 4) is 5.75 Å². The number of benzene rings is 3. The lowest BCUT2D eigenvalue weighted by atomic mass is 10.2. The average molecular weight is 497 g/mol. The van der Waals surface area contributed by atoms with Gasteiger partial charge in [-0.3, -0.25) is 4.79 Å². The van der Waals surface area contributed by atoms with Crippen LogP contribution in [0.3, 0.4) is 0 Å². The maximum Gasteiger partial charge on any atom is 0.416 e. The summed E-state index contributed by atoms with van der Waals surface area (Å²) in [4.78, 5) is 23.8. The fourth-order valence-electron chi connectivity index (χ4n) is 2.77. The zero-order chi connectivity index (χ0) is 26.1. The zero-order valence-corrected chi connectivity index (χ0v) is 19.2. The van der Waals surface area contributed by atoms with Crippen molar-refractivity contribution < 1.29 is 32.2 Å². The van der Waals surface area contributed by atoms with Crippen molar-refractivity contribution in [1.29, 1.82) is 0 Å². The highest BCUT2D eigenvalue weighted by atomic mass is 19.4. The van der Waals surface area contributed by atoms with Crippen molar-refractivity contribution in [2.75, 3.05) is 18.5 Å². The summed E-state index contributed by atoms with van der Waals surface area (Å²) in [7, 11) is 0. The number of hydrogen-bond donors (Lipinski definition) is 1. The van der Waals surface area contributed by atoms with Crippen LogP contribution in [0.4, 0.5) is 30.2 Å². The largest absolute Gasteiger partial charge is 0.490 e. The quantitative estimate of drug-likeness (QED) is 0.151. The number of nitrogens with zero attached hydrogens (tertiary/aromatic N) is 2. The predicted octanol–water partition coefficient (Wildman–Crippen LogP) is 6.87. The van der Waals surface area contributed by atoms with Crippen LogP contribution in [0.15, 0.2) is 95.2 Å². The molecule has 3 aromatic rings. The maximum atomic E-state index is 12.6. The van der Waals surface area contributed by atoms with Gasteiger partial charge in [0.25, 0.3) is 5.91 Å². The van der Waals surface area contributed by atoms with Crippen molar-refractivity contribution >= 4 is 28.9 Å². The van der Waals surface area contributed by atoms with Crippen LogP contribution in [-0.4, -0.2) is 25.1 Å². The van der Waals surface area contributed by atoms with Crippen LogP contribution >= 0.6 is 0 Å². The molecule has 3 rings (SSSR count). The van der Waals surface area contributed by atoms with Crippen LogP contribution in [0.2, 0.25) is 0 Å². The third-order valence-electron chi connectivity index (χ3n) is 4.65. The van der Waals surface area contributed by atoms with Gasteiger partial charge in [0.05, 0.1) is 16.9 Å². The van der Waals surface area contributed by atoms with Crippen LogP contribution in [0, 0.1) is 0 Å². The molecule has 3 aromatic carbocycles. The van der Waals surface area contributed by atoms with E-state index >= 15 is 0 Å². The molecular weight excluding hydrogens is 475 g/mol. The van der Waals surface area contributed by atoms with Gasteiger partial charge >= 0.3 is 12.1 Å². The molecule has 0 fully saturated rings. The minimum absolute atomic E-state index is 0.0772. The molecule has 1 N–H and O–H groups in total. The Morgan fingerprint density at radius 1 is 0.861 bits per heavy atom. The number of carbonyl (C=O) groups is 2. The Hall–Kier alpha value is -4.47. The highest BCUT2D eigenvalue weighted by Gasteiger charge is 2.29. The number of ether oxygens (including phenoxy) is 2. The van der Waals surface area contributed by atoms with E-state index in [-0.39, 0.29) is 24.8 Å². The molecule has 0 aliphatic heterocycles. The van der Waals surface area contributed by atoms with Gasteiger partial charge in [-0.2, -0.15) is 23.4 Å². The lowest BCUT2D eigenvalue weighted by molar-refractivity contribution is -0.139. The summed E-state index contributed by atoms with van der Waals surface area (Å²) in [5.74, 6) is -0.308. The summed E-state index contributed by atoms with van der Waals surface area (Å²) in [5.41, 5.74) is 1.21. The minimum atomic E-state index is -4.41. The number of anilines is 1. The molecule has 186 valence electrons. The lowest BCUT2D eigenvalue weighted by Crippen LogP contribution is -2.13. The Bertz CT molecular complexity index is 1240. The number of hydrogen-bond acceptors (Lipinski definition) is 6. The molecule has 0 atom stereocenters. The van der Waals surface area contributed by atoms with Crippen LogP contribution in [-0.2, 0) is 15.7 Å². The summed E-state index contributed by atoms with van der Waals surface area (Å²) < 4.78 is 48.3. The van der Waals surface area contributed by atoms with E-state index < -0.39 is 17.7 Å². The Labute approximate surface area is 205 Å². The van der Waals surface area contributed by atoms with E-state index in [4.69, 9.17) is 9.47 Å². The second-order valence-corrected chi connectivity index (χ2v) is 7.53. The van der Waals surface area contributed by atoms with E-state index in [1.54, 1.807) is 55.5 Å². The summed E-state index contributed by atoms with van der Waals surface area (Å²) in [5, 5.41) is 10.7. The topological polar surface area (TPSA) is 89.3 Å². The third kappa shape index (κ3) is 7.79. The number of carbonyl (C=O) groups excluding carboxylic acids is 2. The highest BCUT2D eigenvalue weighted by molar-refractivity contribution is 6.04. The van der Waals surface area contributed by atoms with Crippen molar-refractivity contribution in [2.45, 2.75) is 13.1 Å². The minimum Gasteiger partial charge on any atom is -0.490 e. The molecule has 0 heterocycles. The normalized spacial score (nSPS) is 11.2. The highest BCUT2D eigenvalue weighted by Crippen LogP contribution is 2.30. The number of esters is 1. The Morgan fingerprint density at radius 2 is 1.42 bits per heavy atom. The number of alkyl halides is 3. The monoisotopic (exact) mass is 497 g/mol. The molecule has 0 spiro atoms.